The summed E-state index contributed by atoms with van der Waals surface area (Å²) in [5, 5.41) is 0. The Morgan fingerprint density at radius 2 is 1.88 bits per heavy atom. The van der Waals surface area contributed by atoms with E-state index in [9.17, 15) is 4.79 Å². The van der Waals surface area contributed by atoms with E-state index in [1.807, 2.05) is 0 Å². The van der Waals surface area contributed by atoms with Gasteiger partial charge in [0.05, 0.1) is 6.10 Å². The number of carbonyl (C=O) groups excluding carboxylic acids is 1. The molecule has 5 fully saturated rings. The normalized spacial score (nSPS) is 67.9. The highest BCUT2D eigenvalue weighted by Crippen LogP contribution is 2.83. The van der Waals surface area contributed by atoms with Gasteiger partial charge < -0.3 is 18.9 Å². The maximum Gasteiger partial charge on any atom is 0.334 e. The highest BCUT2D eigenvalue weighted by molar-refractivity contribution is 5.92. The molecule has 0 aromatic carbocycles. The molecule has 0 radical (unpaired) electrons. The van der Waals surface area contributed by atoms with Crippen molar-refractivity contribution in [3.05, 3.63) is 11.1 Å². The molecule has 25 heavy (non-hydrogen) atoms. The van der Waals surface area contributed by atoms with Crippen molar-refractivity contribution in [2.45, 2.75) is 75.7 Å². The van der Waals surface area contributed by atoms with E-state index in [4.69, 9.17) is 18.9 Å². The molecule has 0 amide bonds. The van der Waals surface area contributed by atoms with E-state index in [0.717, 1.165) is 18.4 Å². The van der Waals surface area contributed by atoms with Crippen LogP contribution in [0.5, 0.6) is 0 Å². The van der Waals surface area contributed by atoms with Crippen LogP contribution in [0.25, 0.3) is 0 Å². The molecule has 2 saturated carbocycles. The molecule has 7 rings (SSSR count). The predicted octanol–water partition coefficient (Wildman–Crippen LogP) is 1.99. The Kier molecular flexibility index (Phi) is 1.96. The van der Waals surface area contributed by atoms with E-state index in [0.29, 0.717) is 18.4 Å². The smallest absolute Gasteiger partial charge is 0.334 e. The van der Waals surface area contributed by atoms with Gasteiger partial charge in [0.25, 0.3) is 0 Å². The number of hydrogen-bond donors (Lipinski definition) is 0. The topological polar surface area (TPSA) is 63.9 Å². The van der Waals surface area contributed by atoms with Gasteiger partial charge in [-0.15, -0.1) is 0 Å². The second-order valence-electron chi connectivity index (χ2n) is 9.94. The Labute approximate surface area is 147 Å². The molecule has 10 atom stereocenters. The molecule has 0 N–H and O–H groups in total. The lowest BCUT2D eigenvalue weighted by atomic mass is 9.45. The molecule has 4 heterocycles. The Balaban J connectivity index is 1.43. The van der Waals surface area contributed by atoms with Gasteiger partial charge in [-0.2, -0.15) is 0 Å². The van der Waals surface area contributed by atoms with Gasteiger partial charge in [0, 0.05) is 16.9 Å². The number of fused-ring (bicyclic) bond motifs is 4. The van der Waals surface area contributed by atoms with Crippen LogP contribution >= 0.6 is 0 Å². The highest BCUT2D eigenvalue weighted by atomic mass is 16.7. The van der Waals surface area contributed by atoms with E-state index in [1.54, 1.807) is 0 Å². The molecule has 3 saturated heterocycles. The SMILES string of the molecule is CC1C[C@@]2(C)[C@@H](C[C@@H]3O[C@@]34C(C)[C@@]3(C)O[C@H]3[C@@H]3OC324)C2=C1C(=O)OC2. The summed E-state index contributed by atoms with van der Waals surface area (Å²) in [5.41, 5.74) is 1.65. The molecule has 0 aromatic heterocycles. The van der Waals surface area contributed by atoms with Crippen LogP contribution in [0, 0.1) is 23.2 Å². The monoisotopic (exact) mass is 344 g/mol. The molecule has 7 aliphatic rings. The van der Waals surface area contributed by atoms with E-state index in [1.165, 1.54) is 5.57 Å². The van der Waals surface area contributed by atoms with Crippen LogP contribution in [0.2, 0.25) is 0 Å². The van der Waals surface area contributed by atoms with Crippen LogP contribution in [0.1, 0.15) is 40.5 Å². The summed E-state index contributed by atoms with van der Waals surface area (Å²) in [6.45, 7) is 9.55. The lowest BCUT2D eigenvalue weighted by Crippen LogP contribution is -2.66. The first-order valence-corrected chi connectivity index (χ1v) is 9.75. The summed E-state index contributed by atoms with van der Waals surface area (Å²) < 4.78 is 24.7. The predicted molar refractivity (Wildman–Crippen MR) is 85.6 cm³/mol. The first-order chi connectivity index (χ1) is 11.8. The molecular formula is C20H24O5. The summed E-state index contributed by atoms with van der Waals surface area (Å²) in [5.74, 6) is 0.797. The molecule has 0 bridgehead atoms. The van der Waals surface area contributed by atoms with Gasteiger partial charge in [-0.3, -0.25) is 0 Å². The average molecular weight is 344 g/mol. The fourth-order valence-corrected chi connectivity index (χ4v) is 8.02. The number of esters is 1. The summed E-state index contributed by atoms with van der Waals surface area (Å²) in [6.07, 6.45) is 2.54. The molecule has 134 valence electrons. The second kappa shape index (κ2) is 3.46. The lowest BCUT2D eigenvalue weighted by Gasteiger charge is -2.54. The minimum atomic E-state index is -0.244. The number of cyclic esters (lactones) is 1. The van der Waals surface area contributed by atoms with E-state index in [2.05, 4.69) is 27.7 Å². The van der Waals surface area contributed by atoms with Crippen molar-refractivity contribution in [1.29, 1.82) is 0 Å². The fraction of sp³-hybridized carbons (Fsp3) is 0.850. The van der Waals surface area contributed by atoms with Gasteiger partial charge in [-0.1, -0.05) is 20.8 Å². The summed E-state index contributed by atoms with van der Waals surface area (Å²) in [4.78, 5) is 12.3. The molecule has 0 aromatic rings. The molecule has 3 unspecified atom stereocenters. The number of epoxide rings is 3. The van der Waals surface area contributed by atoms with Crippen LogP contribution in [0.15, 0.2) is 11.1 Å². The van der Waals surface area contributed by atoms with Crippen molar-refractivity contribution >= 4 is 5.97 Å². The van der Waals surface area contributed by atoms with Gasteiger partial charge >= 0.3 is 5.97 Å². The van der Waals surface area contributed by atoms with Crippen molar-refractivity contribution in [2.75, 3.05) is 6.61 Å². The lowest BCUT2D eigenvalue weighted by molar-refractivity contribution is -0.136. The zero-order chi connectivity index (χ0) is 17.1. The summed E-state index contributed by atoms with van der Waals surface area (Å²) >= 11 is 0. The average Bonchev–Trinajstić information content (AvgIpc) is 3.44. The number of carbonyl (C=O) groups is 1. The molecular weight excluding hydrogens is 320 g/mol. The standard InChI is InChI=1S/C20H24O5/c1-8-6-17(3)11(10-7-22-16(21)13(8)10)5-12-19(23-12)9(2)18(4)14(24-18)15-20(17,19)25-15/h8-9,11-12,14-15H,5-7H2,1-4H3/t8?,9?,11-,12-,14-,15-,17-,18+,19-,20?/m0/s1. The van der Waals surface area contributed by atoms with E-state index >= 15 is 0 Å². The van der Waals surface area contributed by atoms with Crippen LogP contribution in [-0.4, -0.2) is 47.7 Å². The fourth-order valence-electron chi connectivity index (χ4n) is 8.02. The van der Waals surface area contributed by atoms with Gasteiger partial charge in [-0.05, 0) is 37.2 Å². The third-order valence-corrected chi connectivity index (χ3v) is 9.30. The Hall–Kier alpha value is -0.910. The zero-order valence-electron chi connectivity index (χ0n) is 15.1. The summed E-state index contributed by atoms with van der Waals surface area (Å²) in [7, 11) is 0. The van der Waals surface area contributed by atoms with Gasteiger partial charge in [0.2, 0.25) is 0 Å². The van der Waals surface area contributed by atoms with Crippen LogP contribution < -0.4 is 0 Å². The summed E-state index contributed by atoms with van der Waals surface area (Å²) in [6, 6.07) is 0. The van der Waals surface area contributed by atoms with Crippen molar-refractivity contribution in [2.24, 2.45) is 23.2 Å². The maximum atomic E-state index is 12.3. The molecule has 5 heteroatoms. The van der Waals surface area contributed by atoms with Crippen molar-refractivity contribution in [3.63, 3.8) is 0 Å². The quantitative estimate of drug-likeness (QED) is 0.497. The van der Waals surface area contributed by atoms with Gasteiger partial charge in [0.15, 0.2) is 0 Å². The molecule has 2 spiro atoms. The first-order valence-electron chi connectivity index (χ1n) is 9.75. The Bertz CT molecular complexity index is 804. The number of rotatable bonds is 0. The van der Waals surface area contributed by atoms with Gasteiger partial charge in [0.1, 0.15) is 35.6 Å². The maximum absolute atomic E-state index is 12.3. The van der Waals surface area contributed by atoms with Crippen LogP contribution in [0.3, 0.4) is 0 Å². The minimum absolute atomic E-state index is 0.0154. The van der Waals surface area contributed by atoms with Crippen molar-refractivity contribution in [1.82, 2.24) is 0 Å². The largest absolute Gasteiger partial charge is 0.458 e. The van der Waals surface area contributed by atoms with Crippen molar-refractivity contribution < 1.29 is 23.7 Å². The zero-order valence-corrected chi connectivity index (χ0v) is 15.1. The van der Waals surface area contributed by atoms with Gasteiger partial charge in [-0.25, -0.2) is 4.79 Å². The Morgan fingerprint density at radius 3 is 2.68 bits per heavy atom. The third kappa shape index (κ3) is 1.11. The van der Waals surface area contributed by atoms with Crippen molar-refractivity contribution in [3.8, 4) is 0 Å². The number of ether oxygens (including phenoxy) is 4. The minimum Gasteiger partial charge on any atom is -0.458 e. The van der Waals surface area contributed by atoms with Crippen LogP contribution in [-0.2, 0) is 23.7 Å². The van der Waals surface area contributed by atoms with Crippen LogP contribution in [0.4, 0.5) is 0 Å². The second-order valence-corrected chi connectivity index (χ2v) is 9.94. The van der Waals surface area contributed by atoms with E-state index < -0.39 is 0 Å². The molecule has 5 nitrogen and oxygen atoms in total. The molecule has 4 aliphatic heterocycles. The highest BCUT2D eigenvalue weighted by Gasteiger charge is 2.98. The number of hydrogen-bond acceptors (Lipinski definition) is 5. The Morgan fingerprint density at radius 1 is 1.08 bits per heavy atom. The first kappa shape index (κ1) is 14.2. The molecule has 3 aliphatic carbocycles. The third-order valence-electron chi connectivity index (χ3n) is 9.30. The van der Waals surface area contributed by atoms with E-state index in [-0.39, 0.29) is 52.4 Å².